The molecule has 3 aromatic rings. The van der Waals surface area contributed by atoms with E-state index in [0.717, 1.165) is 28.8 Å². The van der Waals surface area contributed by atoms with Crippen LogP contribution in [0.25, 0.3) is 10.9 Å². The fourth-order valence-corrected chi connectivity index (χ4v) is 3.02. The molecule has 2 aromatic carbocycles. The smallest absolute Gasteiger partial charge is 0.247 e. The first-order chi connectivity index (χ1) is 12.6. The van der Waals surface area contributed by atoms with Gasteiger partial charge in [-0.1, -0.05) is 19.1 Å². The zero-order valence-corrected chi connectivity index (χ0v) is 15.6. The molecule has 1 amide bonds. The van der Waals surface area contributed by atoms with Crippen molar-refractivity contribution in [3.63, 3.8) is 0 Å². The summed E-state index contributed by atoms with van der Waals surface area (Å²) in [5.74, 6) is 1.34. The molecule has 0 aliphatic rings. The van der Waals surface area contributed by atoms with Crippen molar-refractivity contribution in [1.82, 2.24) is 4.57 Å². The summed E-state index contributed by atoms with van der Waals surface area (Å²) >= 11 is 0. The minimum Gasteiger partial charge on any atom is -0.497 e. The van der Waals surface area contributed by atoms with Gasteiger partial charge in [0.25, 0.3) is 0 Å². The number of amides is 1. The molecule has 0 aliphatic heterocycles. The van der Waals surface area contributed by atoms with Gasteiger partial charge >= 0.3 is 0 Å². The Balaban J connectivity index is 1.88. The predicted octanol–water partition coefficient (Wildman–Crippen LogP) is 4.42. The minimum absolute atomic E-state index is 0.0754. The van der Waals surface area contributed by atoms with E-state index in [-0.39, 0.29) is 11.9 Å². The van der Waals surface area contributed by atoms with Crippen LogP contribution in [0.5, 0.6) is 11.5 Å². The molecule has 0 aliphatic carbocycles. The van der Waals surface area contributed by atoms with Crippen LogP contribution in [-0.2, 0) is 11.2 Å². The van der Waals surface area contributed by atoms with Crippen LogP contribution >= 0.6 is 0 Å². The van der Waals surface area contributed by atoms with Gasteiger partial charge in [-0.3, -0.25) is 4.79 Å². The third kappa shape index (κ3) is 3.38. The van der Waals surface area contributed by atoms with Crippen LogP contribution in [0.4, 0.5) is 5.69 Å². The van der Waals surface area contributed by atoms with Gasteiger partial charge in [0.15, 0.2) is 0 Å². The Hall–Kier alpha value is -2.95. The topological polar surface area (TPSA) is 52.5 Å². The Morgan fingerprint density at radius 3 is 2.46 bits per heavy atom. The quantitative estimate of drug-likeness (QED) is 0.714. The van der Waals surface area contributed by atoms with Crippen LogP contribution in [-0.4, -0.2) is 24.7 Å². The molecule has 1 N–H and O–H groups in total. The Morgan fingerprint density at radius 2 is 1.85 bits per heavy atom. The van der Waals surface area contributed by atoms with Crippen molar-refractivity contribution in [2.24, 2.45) is 0 Å². The van der Waals surface area contributed by atoms with Crippen molar-refractivity contribution >= 4 is 22.5 Å². The number of nitrogens with one attached hydrogen (secondary N) is 1. The van der Waals surface area contributed by atoms with E-state index in [1.807, 2.05) is 60.2 Å². The molecule has 1 unspecified atom stereocenters. The van der Waals surface area contributed by atoms with Crippen LogP contribution in [0.1, 0.15) is 25.5 Å². The van der Waals surface area contributed by atoms with Gasteiger partial charge in [-0.15, -0.1) is 0 Å². The van der Waals surface area contributed by atoms with Crippen LogP contribution in [0.15, 0.2) is 48.7 Å². The molecular weight excluding hydrogens is 328 g/mol. The predicted molar refractivity (Wildman–Crippen MR) is 104 cm³/mol. The maximum absolute atomic E-state index is 12.7. The third-order valence-corrected chi connectivity index (χ3v) is 4.66. The van der Waals surface area contributed by atoms with Crippen molar-refractivity contribution in [2.45, 2.75) is 26.3 Å². The molecule has 5 heteroatoms. The molecule has 5 nitrogen and oxygen atoms in total. The van der Waals surface area contributed by atoms with E-state index in [4.69, 9.17) is 9.47 Å². The summed E-state index contributed by atoms with van der Waals surface area (Å²) in [5.41, 5.74) is 2.93. The second kappa shape index (κ2) is 7.52. The molecule has 136 valence electrons. The van der Waals surface area contributed by atoms with Gasteiger partial charge in [0.05, 0.1) is 19.7 Å². The number of aromatic nitrogens is 1. The highest BCUT2D eigenvalue weighted by Crippen LogP contribution is 2.33. The first-order valence-electron chi connectivity index (χ1n) is 8.69. The average Bonchev–Trinajstić information content (AvgIpc) is 3.10. The number of aryl methyl sites for hydroxylation is 1. The van der Waals surface area contributed by atoms with Crippen molar-refractivity contribution in [2.75, 3.05) is 19.5 Å². The number of carbonyl (C=O) groups excluding carboxylic acids is 1. The average molecular weight is 352 g/mol. The summed E-state index contributed by atoms with van der Waals surface area (Å²) in [7, 11) is 3.24. The van der Waals surface area contributed by atoms with E-state index < -0.39 is 0 Å². The lowest BCUT2D eigenvalue weighted by Gasteiger charge is -2.16. The summed E-state index contributed by atoms with van der Waals surface area (Å²) in [5, 5.41) is 3.93. The molecule has 0 fully saturated rings. The first kappa shape index (κ1) is 17.9. The second-order valence-electron chi connectivity index (χ2n) is 6.20. The lowest BCUT2D eigenvalue weighted by molar-refractivity contribution is -0.118. The molecule has 0 radical (unpaired) electrons. The van der Waals surface area contributed by atoms with Gasteiger partial charge in [-0.2, -0.15) is 0 Å². The van der Waals surface area contributed by atoms with Crippen molar-refractivity contribution in [3.05, 3.63) is 54.2 Å². The molecule has 3 rings (SSSR count). The van der Waals surface area contributed by atoms with Crippen LogP contribution in [0, 0.1) is 0 Å². The number of nitrogens with zero attached hydrogens (tertiary/aromatic N) is 1. The van der Waals surface area contributed by atoms with E-state index in [1.165, 1.54) is 5.56 Å². The minimum atomic E-state index is -0.379. The van der Waals surface area contributed by atoms with Crippen molar-refractivity contribution < 1.29 is 14.3 Å². The summed E-state index contributed by atoms with van der Waals surface area (Å²) in [6.07, 6.45) is 2.88. The highest BCUT2D eigenvalue weighted by atomic mass is 16.5. The van der Waals surface area contributed by atoms with Gasteiger partial charge in [0, 0.05) is 29.4 Å². The maximum Gasteiger partial charge on any atom is 0.247 e. The van der Waals surface area contributed by atoms with Gasteiger partial charge in [-0.25, -0.2) is 0 Å². The largest absolute Gasteiger partial charge is 0.497 e. The van der Waals surface area contributed by atoms with Crippen LogP contribution in [0.3, 0.4) is 0 Å². The number of anilines is 1. The summed E-state index contributed by atoms with van der Waals surface area (Å²) < 4.78 is 12.7. The molecule has 26 heavy (non-hydrogen) atoms. The van der Waals surface area contributed by atoms with E-state index in [2.05, 4.69) is 12.2 Å². The Kier molecular flexibility index (Phi) is 5.16. The highest BCUT2D eigenvalue weighted by molar-refractivity contribution is 5.96. The van der Waals surface area contributed by atoms with Gasteiger partial charge < -0.3 is 19.4 Å². The summed E-state index contributed by atoms with van der Waals surface area (Å²) in [4.78, 5) is 12.7. The zero-order valence-electron chi connectivity index (χ0n) is 15.6. The molecule has 0 spiro atoms. The number of methoxy groups -OCH3 is 2. The molecule has 1 aromatic heterocycles. The molecule has 0 saturated carbocycles. The number of benzene rings is 2. The monoisotopic (exact) mass is 352 g/mol. The summed E-state index contributed by atoms with van der Waals surface area (Å²) in [6.45, 7) is 3.98. The molecule has 0 bridgehead atoms. The number of hydrogen-bond donors (Lipinski definition) is 1. The normalized spacial score (nSPS) is 12.0. The fourth-order valence-electron chi connectivity index (χ4n) is 3.02. The van der Waals surface area contributed by atoms with Gasteiger partial charge in [0.1, 0.15) is 17.5 Å². The highest BCUT2D eigenvalue weighted by Gasteiger charge is 2.19. The second-order valence-corrected chi connectivity index (χ2v) is 6.20. The zero-order chi connectivity index (χ0) is 18.7. The molecule has 0 saturated heterocycles. The van der Waals surface area contributed by atoms with Gasteiger partial charge in [-0.05, 0) is 37.1 Å². The van der Waals surface area contributed by atoms with E-state index in [0.29, 0.717) is 5.75 Å². The Labute approximate surface area is 153 Å². The van der Waals surface area contributed by atoms with E-state index in [9.17, 15) is 4.79 Å². The third-order valence-electron chi connectivity index (χ3n) is 4.66. The molecule has 1 heterocycles. The van der Waals surface area contributed by atoms with Crippen molar-refractivity contribution in [1.29, 1.82) is 0 Å². The molecule has 1 atom stereocenters. The maximum atomic E-state index is 12.7. The first-order valence-corrected chi connectivity index (χ1v) is 8.69. The van der Waals surface area contributed by atoms with Crippen LogP contribution < -0.4 is 14.8 Å². The lowest BCUT2D eigenvalue weighted by Crippen LogP contribution is -2.23. The lowest BCUT2D eigenvalue weighted by atomic mass is 10.1. The van der Waals surface area contributed by atoms with E-state index >= 15 is 0 Å². The number of carbonyl (C=O) groups is 1. The standard InChI is InChI=1S/C21H24N2O3/c1-5-15-6-8-16(9-7-15)22-21(24)14(2)23-11-10-18-19(23)12-17(25-3)13-20(18)26-4/h6-14H,5H2,1-4H3,(H,22,24). The Morgan fingerprint density at radius 1 is 1.12 bits per heavy atom. The Bertz CT molecular complexity index is 913. The van der Waals surface area contributed by atoms with Gasteiger partial charge in [0.2, 0.25) is 5.91 Å². The molecular formula is C21H24N2O3. The number of ether oxygens (including phenoxy) is 2. The van der Waals surface area contributed by atoms with Crippen LogP contribution in [0.2, 0.25) is 0 Å². The fraction of sp³-hybridized carbons (Fsp3) is 0.286. The number of rotatable bonds is 6. The SMILES string of the molecule is CCc1ccc(NC(=O)C(C)n2ccc3c(OC)cc(OC)cc32)cc1. The van der Waals surface area contributed by atoms with E-state index in [1.54, 1.807) is 14.2 Å². The van der Waals surface area contributed by atoms with Crippen molar-refractivity contribution in [3.8, 4) is 11.5 Å². The summed E-state index contributed by atoms with van der Waals surface area (Å²) in [6, 6.07) is 13.3. The number of hydrogen-bond acceptors (Lipinski definition) is 3. The number of fused-ring (bicyclic) bond motifs is 1.